The van der Waals surface area contributed by atoms with E-state index >= 15 is 0 Å². The monoisotopic (exact) mass is 331 g/mol. The van der Waals surface area contributed by atoms with Gasteiger partial charge < -0.3 is 0 Å². The van der Waals surface area contributed by atoms with E-state index in [4.69, 9.17) is 0 Å². The highest BCUT2D eigenvalue weighted by Gasteiger charge is 2.43. The normalized spacial score (nSPS) is 49.8. The lowest BCUT2D eigenvalue weighted by Crippen LogP contribution is -2.59. The Morgan fingerprint density at radius 2 is 1.46 bits per heavy atom. The van der Waals surface area contributed by atoms with Crippen LogP contribution in [-0.2, 0) is 0 Å². The first-order valence-electron chi connectivity index (χ1n) is 11.1. The maximum Gasteiger partial charge on any atom is 0.0322 e. The van der Waals surface area contributed by atoms with Crippen molar-refractivity contribution in [1.82, 2.24) is 15.6 Å². The highest BCUT2D eigenvalue weighted by Crippen LogP contribution is 2.44. The molecule has 0 aromatic rings. The number of nitrogens with one attached hydrogen (secondary N) is 1. The van der Waals surface area contributed by atoms with Gasteiger partial charge in [-0.15, -0.1) is 0 Å². The van der Waals surface area contributed by atoms with Crippen molar-refractivity contribution in [3.05, 3.63) is 0 Å². The predicted octanol–water partition coefficient (Wildman–Crippen LogP) is 4.21. The molecular weight excluding hydrogens is 294 g/mol. The average Bonchev–Trinajstić information content (AvgIpc) is 3.25. The molecule has 7 atom stereocenters. The van der Waals surface area contributed by atoms with Gasteiger partial charge in [-0.3, -0.25) is 0 Å². The lowest BCUT2D eigenvalue weighted by Gasteiger charge is -2.45. The van der Waals surface area contributed by atoms with Crippen molar-refractivity contribution >= 4 is 0 Å². The van der Waals surface area contributed by atoms with E-state index < -0.39 is 0 Å². The second-order valence-electron chi connectivity index (χ2n) is 9.72. The molecule has 3 saturated heterocycles. The van der Waals surface area contributed by atoms with Crippen molar-refractivity contribution in [3.63, 3.8) is 0 Å². The fraction of sp³-hybridized carbons (Fsp3) is 1.00. The van der Waals surface area contributed by atoms with Crippen LogP contribution in [0.2, 0.25) is 0 Å². The summed E-state index contributed by atoms with van der Waals surface area (Å²) >= 11 is 0. The van der Waals surface area contributed by atoms with Crippen molar-refractivity contribution in [2.75, 3.05) is 19.6 Å². The maximum absolute atomic E-state index is 3.78. The number of fused-ring (bicyclic) bond motifs is 7. The van der Waals surface area contributed by atoms with Gasteiger partial charge in [-0.1, -0.05) is 38.5 Å². The molecule has 0 amide bonds. The zero-order valence-electron chi connectivity index (χ0n) is 15.5. The van der Waals surface area contributed by atoms with Crippen molar-refractivity contribution in [1.29, 1.82) is 0 Å². The molecule has 5 rings (SSSR count). The minimum Gasteiger partial charge on any atom is -0.241 e. The first-order chi connectivity index (χ1) is 11.9. The highest BCUT2D eigenvalue weighted by atomic mass is 15.8. The number of hydrazine groups is 2. The Kier molecular flexibility index (Phi) is 4.62. The highest BCUT2D eigenvalue weighted by molar-refractivity contribution is 4.93. The summed E-state index contributed by atoms with van der Waals surface area (Å²) in [5.41, 5.74) is 3.78. The van der Waals surface area contributed by atoms with Gasteiger partial charge in [-0.25, -0.2) is 10.4 Å². The van der Waals surface area contributed by atoms with Gasteiger partial charge in [0.2, 0.25) is 0 Å². The van der Waals surface area contributed by atoms with Crippen LogP contribution in [-0.4, -0.2) is 35.8 Å². The summed E-state index contributed by atoms with van der Waals surface area (Å²) in [7, 11) is 0. The Morgan fingerprint density at radius 3 is 2.33 bits per heavy atom. The Balaban J connectivity index is 1.36. The van der Waals surface area contributed by atoms with Crippen LogP contribution in [0.5, 0.6) is 0 Å². The molecule has 2 saturated carbocycles. The Labute approximate surface area is 148 Å². The summed E-state index contributed by atoms with van der Waals surface area (Å²) in [6, 6.07) is 0.856. The maximum atomic E-state index is 3.78. The Hall–Kier alpha value is -0.120. The van der Waals surface area contributed by atoms with Crippen LogP contribution in [0, 0.1) is 29.6 Å². The van der Waals surface area contributed by atoms with Gasteiger partial charge in [0.25, 0.3) is 0 Å². The second kappa shape index (κ2) is 6.89. The summed E-state index contributed by atoms with van der Waals surface area (Å²) in [5.74, 6) is 5.06. The number of nitrogens with zero attached hydrogens (tertiary/aromatic N) is 2. The van der Waals surface area contributed by atoms with Crippen LogP contribution >= 0.6 is 0 Å². The van der Waals surface area contributed by atoms with Crippen molar-refractivity contribution in [2.24, 2.45) is 29.6 Å². The summed E-state index contributed by atoms with van der Waals surface area (Å²) in [4.78, 5) is 0. The molecule has 0 radical (unpaired) electrons. The smallest absolute Gasteiger partial charge is 0.0322 e. The fourth-order valence-electron chi connectivity index (χ4n) is 7.03. The zero-order valence-corrected chi connectivity index (χ0v) is 15.5. The van der Waals surface area contributed by atoms with Gasteiger partial charge >= 0.3 is 0 Å². The molecule has 3 heterocycles. The summed E-state index contributed by atoms with van der Waals surface area (Å²) < 4.78 is 0. The zero-order chi connectivity index (χ0) is 15.9. The molecule has 5 fully saturated rings. The van der Waals surface area contributed by atoms with Crippen molar-refractivity contribution in [3.8, 4) is 0 Å². The number of rotatable bonds is 0. The molecule has 0 aromatic heterocycles. The molecular formula is C21H37N3. The number of hydrogen-bond acceptors (Lipinski definition) is 3. The quantitative estimate of drug-likeness (QED) is 0.717. The van der Waals surface area contributed by atoms with Crippen LogP contribution in [0.15, 0.2) is 0 Å². The Bertz CT molecular complexity index is 439. The van der Waals surface area contributed by atoms with Crippen LogP contribution in [0.25, 0.3) is 0 Å². The van der Waals surface area contributed by atoms with E-state index in [-0.39, 0.29) is 0 Å². The van der Waals surface area contributed by atoms with E-state index in [2.05, 4.69) is 15.6 Å². The Morgan fingerprint density at radius 1 is 0.667 bits per heavy atom. The topological polar surface area (TPSA) is 18.5 Å². The van der Waals surface area contributed by atoms with E-state index in [1.165, 1.54) is 90.3 Å². The van der Waals surface area contributed by atoms with Crippen LogP contribution in [0.3, 0.4) is 0 Å². The molecule has 7 unspecified atom stereocenters. The molecule has 6 bridgehead atoms. The standard InChI is InChI=1S/C21H37N3/c1-2-4-17-5-7-18-10-12-23(21(18)14-17)24-15-20(9-11-22-24)19-8-6-16(3-1)13-19/h16-22H,1-15H2. The number of hydrogen-bond donors (Lipinski definition) is 1. The summed E-state index contributed by atoms with van der Waals surface area (Å²) in [5, 5.41) is 5.40. The van der Waals surface area contributed by atoms with Crippen LogP contribution < -0.4 is 5.43 Å². The van der Waals surface area contributed by atoms with E-state index in [9.17, 15) is 0 Å². The molecule has 3 heteroatoms. The molecule has 2 aliphatic carbocycles. The van der Waals surface area contributed by atoms with Gasteiger partial charge in [0, 0.05) is 25.7 Å². The second-order valence-corrected chi connectivity index (χ2v) is 9.72. The lowest BCUT2D eigenvalue weighted by molar-refractivity contribution is -0.125. The van der Waals surface area contributed by atoms with Crippen molar-refractivity contribution < 1.29 is 0 Å². The summed E-state index contributed by atoms with van der Waals surface area (Å²) in [6.07, 6.45) is 18.1. The third kappa shape index (κ3) is 3.05. The minimum atomic E-state index is 0.856. The summed E-state index contributed by atoms with van der Waals surface area (Å²) in [6.45, 7) is 3.82. The molecule has 1 N–H and O–H groups in total. The van der Waals surface area contributed by atoms with Crippen LogP contribution in [0.1, 0.15) is 77.0 Å². The first kappa shape index (κ1) is 16.1. The van der Waals surface area contributed by atoms with E-state index in [1.54, 1.807) is 6.42 Å². The van der Waals surface area contributed by atoms with Gasteiger partial charge in [0.1, 0.15) is 0 Å². The lowest BCUT2D eigenvalue weighted by atomic mass is 9.76. The van der Waals surface area contributed by atoms with E-state index in [1.807, 2.05) is 0 Å². The molecule has 0 aromatic carbocycles. The van der Waals surface area contributed by atoms with Gasteiger partial charge in [-0.2, -0.15) is 5.12 Å². The molecule has 136 valence electrons. The largest absolute Gasteiger partial charge is 0.241 e. The van der Waals surface area contributed by atoms with E-state index in [0.29, 0.717) is 0 Å². The average molecular weight is 332 g/mol. The van der Waals surface area contributed by atoms with Crippen molar-refractivity contribution in [2.45, 2.75) is 83.1 Å². The molecule has 24 heavy (non-hydrogen) atoms. The molecule has 3 aliphatic heterocycles. The van der Waals surface area contributed by atoms with Gasteiger partial charge in [0.05, 0.1) is 0 Å². The molecule has 0 spiro atoms. The van der Waals surface area contributed by atoms with Crippen LogP contribution in [0.4, 0.5) is 0 Å². The molecule has 5 aliphatic rings. The minimum absolute atomic E-state index is 0.856. The first-order valence-corrected chi connectivity index (χ1v) is 11.1. The third-order valence-corrected chi connectivity index (χ3v) is 8.43. The fourth-order valence-corrected chi connectivity index (χ4v) is 7.03. The van der Waals surface area contributed by atoms with Gasteiger partial charge in [-0.05, 0) is 68.1 Å². The van der Waals surface area contributed by atoms with Gasteiger partial charge in [0.15, 0.2) is 0 Å². The third-order valence-electron chi connectivity index (χ3n) is 8.43. The SMILES string of the molecule is C1CCC2CCC3CCN(C3C2)N2CC(CCN2)C2CCC(C1)C2. The van der Waals surface area contributed by atoms with E-state index in [0.717, 1.165) is 35.6 Å². The molecule has 3 nitrogen and oxygen atoms in total. The predicted molar refractivity (Wildman–Crippen MR) is 98.1 cm³/mol.